The highest BCUT2D eigenvalue weighted by atomic mass is 32.1. The van der Waals surface area contributed by atoms with Gasteiger partial charge in [0.25, 0.3) is 0 Å². The molecular weight excluding hydrogens is 502 g/mol. The number of nitrogens with one attached hydrogen (secondary N) is 2. The third kappa shape index (κ3) is 4.89. The lowest BCUT2D eigenvalue weighted by molar-refractivity contribution is -0.116. The highest BCUT2D eigenvalue weighted by molar-refractivity contribution is 7.80. The predicted octanol–water partition coefficient (Wildman–Crippen LogP) is 6.34. The minimum Gasteiger partial charge on any atom is -0.352 e. The van der Waals surface area contributed by atoms with E-state index in [9.17, 15) is 4.79 Å². The van der Waals surface area contributed by atoms with Crippen LogP contribution >= 0.6 is 12.2 Å². The van der Waals surface area contributed by atoms with Crippen molar-refractivity contribution in [1.29, 1.82) is 0 Å². The fourth-order valence-electron chi connectivity index (χ4n) is 5.43. The smallest absolute Gasteiger partial charge is 0.226 e. The molecule has 6 rings (SSSR count). The molecule has 1 aliphatic rings. The SMILES string of the molecule is Cc1ccccc1-n1cccc1[C@@H]1[C@@H](c2ccccn2)NC(=S)N1CCC(=O)Nc1cccc2ccccc12. The van der Waals surface area contributed by atoms with Crippen LogP contribution in [0.5, 0.6) is 0 Å². The topological polar surface area (TPSA) is 62.2 Å². The second kappa shape index (κ2) is 10.7. The summed E-state index contributed by atoms with van der Waals surface area (Å²) in [5.74, 6) is -0.0523. The van der Waals surface area contributed by atoms with Crippen LogP contribution < -0.4 is 10.6 Å². The Morgan fingerprint density at radius 1 is 0.949 bits per heavy atom. The monoisotopic (exact) mass is 531 g/mol. The summed E-state index contributed by atoms with van der Waals surface area (Å²) in [5.41, 5.74) is 5.10. The molecule has 1 amide bonds. The average molecular weight is 532 g/mol. The van der Waals surface area contributed by atoms with E-state index in [0.717, 1.165) is 33.5 Å². The number of aryl methyl sites for hydroxylation is 1. The number of hydrogen-bond acceptors (Lipinski definition) is 3. The van der Waals surface area contributed by atoms with Gasteiger partial charge in [0.2, 0.25) is 5.91 Å². The molecule has 0 radical (unpaired) electrons. The number of pyridine rings is 1. The number of fused-ring (bicyclic) bond motifs is 1. The van der Waals surface area contributed by atoms with Crippen LogP contribution in [0.4, 0.5) is 5.69 Å². The molecule has 5 aromatic rings. The Hall–Kier alpha value is -4.49. The number of hydrogen-bond donors (Lipinski definition) is 2. The first-order chi connectivity index (χ1) is 19.1. The Labute approximate surface area is 233 Å². The van der Waals surface area contributed by atoms with E-state index >= 15 is 0 Å². The summed E-state index contributed by atoms with van der Waals surface area (Å²) >= 11 is 5.85. The number of rotatable bonds is 7. The lowest BCUT2D eigenvalue weighted by atomic mass is 10.0. The van der Waals surface area contributed by atoms with Crippen LogP contribution in [0.2, 0.25) is 0 Å². The van der Waals surface area contributed by atoms with E-state index in [2.05, 4.69) is 68.5 Å². The van der Waals surface area contributed by atoms with E-state index in [1.807, 2.05) is 66.7 Å². The predicted molar refractivity (Wildman–Crippen MR) is 160 cm³/mol. The zero-order valence-corrected chi connectivity index (χ0v) is 22.4. The maximum absolute atomic E-state index is 13.2. The molecule has 1 aliphatic heterocycles. The molecule has 194 valence electrons. The maximum atomic E-state index is 13.2. The quantitative estimate of drug-likeness (QED) is 0.240. The zero-order chi connectivity index (χ0) is 26.8. The minimum atomic E-state index is -0.155. The second-order valence-corrected chi connectivity index (χ2v) is 10.1. The molecule has 2 atom stereocenters. The lowest BCUT2D eigenvalue weighted by Crippen LogP contribution is -2.33. The van der Waals surface area contributed by atoms with Crippen molar-refractivity contribution in [2.24, 2.45) is 0 Å². The van der Waals surface area contributed by atoms with Crippen LogP contribution in [0.1, 0.15) is 35.5 Å². The maximum Gasteiger partial charge on any atom is 0.226 e. The second-order valence-electron chi connectivity index (χ2n) is 9.73. The standard InChI is InChI=1S/C32H29N5OS/c1-22-10-2-5-16-27(22)36-20-9-17-28(36)31-30(26-14-6-7-19-33-26)35-32(39)37(31)21-18-29(38)34-25-15-8-12-23-11-3-4-13-24(23)25/h2-17,19-20,30-31H,18,21H2,1H3,(H,34,38)(H,35,39)/t30-,31-/m1/s1. The molecule has 0 bridgehead atoms. The van der Waals surface area contributed by atoms with Gasteiger partial charge in [0.15, 0.2) is 5.11 Å². The van der Waals surface area contributed by atoms with Crippen LogP contribution in [0.15, 0.2) is 109 Å². The molecule has 2 N–H and O–H groups in total. The highest BCUT2D eigenvalue weighted by Crippen LogP contribution is 2.40. The van der Waals surface area contributed by atoms with Gasteiger partial charge < -0.3 is 20.1 Å². The van der Waals surface area contributed by atoms with Crippen LogP contribution in [0.25, 0.3) is 16.5 Å². The fraction of sp³-hybridized carbons (Fsp3) is 0.156. The van der Waals surface area contributed by atoms with Gasteiger partial charge in [0.1, 0.15) is 0 Å². The summed E-state index contributed by atoms with van der Waals surface area (Å²) < 4.78 is 2.22. The Bertz CT molecular complexity index is 1640. The van der Waals surface area contributed by atoms with E-state index < -0.39 is 0 Å². The van der Waals surface area contributed by atoms with Crippen molar-refractivity contribution in [2.75, 3.05) is 11.9 Å². The zero-order valence-electron chi connectivity index (χ0n) is 21.6. The largest absolute Gasteiger partial charge is 0.352 e. The number of anilines is 1. The molecule has 39 heavy (non-hydrogen) atoms. The summed E-state index contributed by atoms with van der Waals surface area (Å²) in [6, 6.07) is 32.2. The van der Waals surface area contributed by atoms with Gasteiger partial charge in [-0.2, -0.15) is 0 Å². The first-order valence-corrected chi connectivity index (χ1v) is 13.5. The molecule has 0 unspecified atom stereocenters. The highest BCUT2D eigenvalue weighted by Gasteiger charge is 2.41. The van der Waals surface area contributed by atoms with Crippen molar-refractivity contribution in [3.8, 4) is 5.69 Å². The molecule has 7 heteroatoms. The van der Waals surface area contributed by atoms with Gasteiger partial charge in [0.05, 0.1) is 17.8 Å². The molecule has 3 heterocycles. The Kier molecular flexibility index (Phi) is 6.82. The Morgan fingerprint density at radius 2 is 1.74 bits per heavy atom. The molecule has 0 spiro atoms. The molecular formula is C32H29N5OS. The van der Waals surface area contributed by atoms with Gasteiger partial charge in [-0.15, -0.1) is 0 Å². The lowest BCUT2D eigenvalue weighted by Gasteiger charge is -2.29. The van der Waals surface area contributed by atoms with Crippen LogP contribution in [-0.2, 0) is 4.79 Å². The summed E-state index contributed by atoms with van der Waals surface area (Å²) in [7, 11) is 0. The number of para-hydroxylation sites is 1. The van der Waals surface area contributed by atoms with E-state index in [4.69, 9.17) is 12.2 Å². The average Bonchev–Trinajstić information content (AvgIpc) is 3.57. The van der Waals surface area contributed by atoms with Crippen molar-refractivity contribution in [1.82, 2.24) is 19.8 Å². The number of thiocarbonyl (C=S) groups is 1. The molecule has 0 aliphatic carbocycles. The van der Waals surface area contributed by atoms with E-state index in [1.165, 1.54) is 5.56 Å². The first-order valence-electron chi connectivity index (χ1n) is 13.1. The van der Waals surface area contributed by atoms with Crippen LogP contribution in [0, 0.1) is 6.92 Å². The number of benzene rings is 3. The van der Waals surface area contributed by atoms with E-state index in [0.29, 0.717) is 18.1 Å². The van der Waals surface area contributed by atoms with Gasteiger partial charge in [-0.1, -0.05) is 60.7 Å². The minimum absolute atomic E-state index is 0.0523. The van der Waals surface area contributed by atoms with Gasteiger partial charge in [-0.3, -0.25) is 9.78 Å². The Morgan fingerprint density at radius 3 is 2.59 bits per heavy atom. The van der Waals surface area contributed by atoms with Gasteiger partial charge in [-0.25, -0.2) is 0 Å². The number of nitrogens with zero attached hydrogens (tertiary/aromatic N) is 3. The van der Waals surface area contributed by atoms with Crippen molar-refractivity contribution in [3.05, 3.63) is 126 Å². The molecule has 2 aromatic heterocycles. The van der Waals surface area contributed by atoms with Crippen molar-refractivity contribution >= 4 is 39.7 Å². The van der Waals surface area contributed by atoms with Gasteiger partial charge >= 0.3 is 0 Å². The van der Waals surface area contributed by atoms with Crippen LogP contribution in [0.3, 0.4) is 0 Å². The van der Waals surface area contributed by atoms with Gasteiger partial charge in [-0.05, 0) is 66.5 Å². The number of amides is 1. The van der Waals surface area contributed by atoms with Crippen molar-refractivity contribution in [3.63, 3.8) is 0 Å². The van der Waals surface area contributed by atoms with E-state index in [1.54, 1.807) is 6.20 Å². The summed E-state index contributed by atoms with van der Waals surface area (Å²) in [4.78, 5) is 20.0. The molecule has 6 nitrogen and oxygen atoms in total. The summed E-state index contributed by atoms with van der Waals surface area (Å²) in [6.07, 6.45) is 4.18. The third-order valence-corrected chi connectivity index (χ3v) is 7.65. The normalized spacial score (nSPS) is 16.8. The van der Waals surface area contributed by atoms with Gasteiger partial charge in [0, 0.05) is 47.8 Å². The number of carbonyl (C=O) groups is 1. The molecule has 3 aromatic carbocycles. The summed E-state index contributed by atoms with van der Waals surface area (Å²) in [5, 5.41) is 9.35. The molecule has 0 saturated carbocycles. The first kappa shape index (κ1) is 24.8. The van der Waals surface area contributed by atoms with E-state index in [-0.39, 0.29) is 18.0 Å². The fourth-order valence-corrected chi connectivity index (χ4v) is 5.76. The third-order valence-electron chi connectivity index (χ3n) is 7.30. The number of aromatic nitrogens is 2. The van der Waals surface area contributed by atoms with Crippen molar-refractivity contribution < 1.29 is 4.79 Å². The van der Waals surface area contributed by atoms with Crippen LogP contribution in [-0.4, -0.2) is 32.0 Å². The molecule has 1 saturated heterocycles. The van der Waals surface area contributed by atoms with Crippen molar-refractivity contribution in [2.45, 2.75) is 25.4 Å². The number of carbonyl (C=O) groups excluding carboxylic acids is 1. The molecule has 1 fully saturated rings. The summed E-state index contributed by atoms with van der Waals surface area (Å²) in [6.45, 7) is 2.58. The Balaban J connectivity index is 1.30.